The molecule has 0 amide bonds. The van der Waals surface area contributed by atoms with Gasteiger partial charge in [-0.05, 0) is 5.41 Å². The molecule has 1 aromatic rings. The lowest BCUT2D eigenvalue weighted by molar-refractivity contribution is 0.596. The maximum Gasteiger partial charge on any atom is 0.0794 e. The van der Waals surface area contributed by atoms with Gasteiger partial charge in [0.15, 0.2) is 0 Å². The van der Waals surface area contributed by atoms with Gasteiger partial charge in [-0.1, -0.05) is 13.8 Å². The lowest BCUT2D eigenvalue weighted by Crippen LogP contribution is -2.06. The van der Waals surface area contributed by atoms with Crippen LogP contribution in [0.4, 0.5) is 0 Å². The Hall–Kier alpha value is -0.410. The van der Waals surface area contributed by atoms with Crippen molar-refractivity contribution < 1.29 is 0 Å². The summed E-state index contributed by atoms with van der Waals surface area (Å²) in [4.78, 5) is 4.26. The molecular formula is C8H12N2S. The zero-order valence-corrected chi connectivity index (χ0v) is 7.56. The lowest BCUT2D eigenvalue weighted by atomic mass is 10.1. The van der Waals surface area contributed by atoms with Crippen LogP contribution in [-0.2, 0) is 0 Å². The summed E-state index contributed by atoms with van der Waals surface area (Å²) in [5.41, 5.74) is 9.22. The van der Waals surface area contributed by atoms with E-state index < -0.39 is 0 Å². The van der Waals surface area contributed by atoms with Crippen LogP contribution in [0, 0.1) is 5.41 Å². The van der Waals surface area contributed by atoms with Crippen molar-refractivity contribution in [2.45, 2.75) is 25.8 Å². The van der Waals surface area contributed by atoms with Gasteiger partial charge in [-0.2, -0.15) is 0 Å². The Kier molecular flexibility index (Phi) is 1.35. The monoisotopic (exact) mass is 168 g/mol. The third kappa shape index (κ3) is 0.914. The molecule has 0 unspecified atom stereocenters. The maximum atomic E-state index is 5.90. The van der Waals surface area contributed by atoms with Crippen molar-refractivity contribution in [3.8, 4) is 0 Å². The van der Waals surface area contributed by atoms with E-state index in [0.717, 1.165) is 0 Å². The molecule has 11 heavy (non-hydrogen) atoms. The summed E-state index contributed by atoms with van der Waals surface area (Å²) in [6, 6.07) is 0.310. The van der Waals surface area contributed by atoms with Crippen LogP contribution >= 0.6 is 11.3 Å². The smallest absolute Gasteiger partial charge is 0.0794 e. The van der Waals surface area contributed by atoms with Crippen molar-refractivity contribution in [2.24, 2.45) is 11.1 Å². The molecular weight excluding hydrogens is 156 g/mol. The molecule has 2 atom stereocenters. The zero-order chi connectivity index (χ0) is 8.06. The number of hydrogen-bond donors (Lipinski definition) is 1. The van der Waals surface area contributed by atoms with E-state index in [4.69, 9.17) is 5.73 Å². The van der Waals surface area contributed by atoms with Gasteiger partial charge in [0.25, 0.3) is 0 Å². The summed E-state index contributed by atoms with van der Waals surface area (Å²) in [6.45, 7) is 4.39. The maximum absolute atomic E-state index is 5.90. The van der Waals surface area contributed by atoms with Crippen LogP contribution in [-0.4, -0.2) is 11.0 Å². The first-order chi connectivity index (χ1) is 5.14. The van der Waals surface area contributed by atoms with E-state index in [1.54, 1.807) is 11.3 Å². The number of rotatable bonds is 1. The van der Waals surface area contributed by atoms with Gasteiger partial charge < -0.3 is 5.73 Å². The normalized spacial score (nSPS) is 33.7. The van der Waals surface area contributed by atoms with Gasteiger partial charge in [-0.3, -0.25) is 0 Å². The number of thiazole rings is 1. The SMILES string of the molecule is CC1(C)[C@H](N)[C@H]1c1cscn1. The van der Waals surface area contributed by atoms with Gasteiger partial charge in [0.1, 0.15) is 0 Å². The topological polar surface area (TPSA) is 38.9 Å². The van der Waals surface area contributed by atoms with Crippen LogP contribution in [0.5, 0.6) is 0 Å². The Bertz CT molecular complexity index is 253. The average Bonchev–Trinajstić information content (AvgIpc) is 2.40. The van der Waals surface area contributed by atoms with E-state index in [0.29, 0.717) is 12.0 Å². The highest BCUT2D eigenvalue weighted by molar-refractivity contribution is 7.07. The molecule has 1 heterocycles. The van der Waals surface area contributed by atoms with E-state index in [1.165, 1.54) is 5.69 Å². The van der Waals surface area contributed by atoms with E-state index in [9.17, 15) is 0 Å². The molecule has 0 bridgehead atoms. The summed E-state index contributed by atoms with van der Waals surface area (Å²) in [5, 5.41) is 2.10. The Labute approximate surface area is 70.5 Å². The molecule has 1 aliphatic rings. The summed E-state index contributed by atoms with van der Waals surface area (Å²) < 4.78 is 0. The van der Waals surface area contributed by atoms with Crippen molar-refractivity contribution in [2.75, 3.05) is 0 Å². The van der Waals surface area contributed by atoms with Crippen LogP contribution in [0.15, 0.2) is 10.9 Å². The third-order valence-electron chi connectivity index (χ3n) is 2.68. The molecule has 3 heteroatoms. The molecule has 2 N–H and O–H groups in total. The molecule has 0 radical (unpaired) electrons. The van der Waals surface area contributed by atoms with E-state index in [2.05, 4.69) is 24.2 Å². The standard InChI is InChI=1S/C8H12N2S/c1-8(2)6(7(8)9)5-3-11-4-10-5/h3-4,6-7H,9H2,1-2H3/t6-,7-/m1/s1. The van der Waals surface area contributed by atoms with Crippen LogP contribution in [0.3, 0.4) is 0 Å². The predicted octanol–water partition coefficient (Wildman–Crippen LogP) is 1.59. The van der Waals surface area contributed by atoms with Gasteiger partial charge in [0, 0.05) is 17.3 Å². The van der Waals surface area contributed by atoms with Crippen LogP contribution < -0.4 is 5.73 Å². The molecule has 0 spiro atoms. The first kappa shape index (κ1) is 7.25. The zero-order valence-electron chi connectivity index (χ0n) is 6.74. The summed E-state index contributed by atoms with van der Waals surface area (Å²) in [6.07, 6.45) is 0. The molecule has 0 aliphatic heterocycles. The van der Waals surface area contributed by atoms with Crippen molar-refractivity contribution in [3.63, 3.8) is 0 Å². The predicted molar refractivity (Wildman–Crippen MR) is 46.6 cm³/mol. The van der Waals surface area contributed by atoms with Gasteiger partial charge >= 0.3 is 0 Å². The highest BCUT2D eigenvalue weighted by Gasteiger charge is 2.57. The first-order valence-corrected chi connectivity index (χ1v) is 4.72. The van der Waals surface area contributed by atoms with Gasteiger partial charge in [-0.15, -0.1) is 11.3 Å². The second kappa shape index (κ2) is 2.05. The van der Waals surface area contributed by atoms with E-state index in [-0.39, 0.29) is 5.41 Å². The van der Waals surface area contributed by atoms with E-state index >= 15 is 0 Å². The molecule has 1 saturated carbocycles. The van der Waals surface area contributed by atoms with Crippen molar-refractivity contribution in [3.05, 3.63) is 16.6 Å². The van der Waals surface area contributed by atoms with Crippen molar-refractivity contribution in [1.29, 1.82) is 0 Å². The average molecular weight is 168 g/mol. The Balaban J connectivity index is 2.23. The third-order valence-corrected chi connectivity index (χ3v) is 3.29. The fourth-order valence-corrected chi connectivity index (χ4v) is 2.21. The van der Waals surface area contributed by atoms with Crippen LogP contribution in [0.25, 0.3) is 0 Å². The minimum atomic E-state index is 0.272. The number of nitrogens with two attached hydrogens (primary N) is 1. The summed E-state index contributed by atoms with van der Waals surface area (Å²) in [5.74, 6) is 0.494. The fourth-order valence-electron chi connectivity index (χ4n) is 1.62. The lowest BCUT2D eigenvalue weighted by Gasteiger charge is -1.96. The largest absolute Gasteiger partial charge is 0.327 e. The number of aromatic nitrogens is 1. The van der Waals surface area contributed by atoms with Gasteiger partial charge in [0.2, 0.25) is 0 Å². The summed E-state index contributed by atoms with van der Waals surface area (Å²) >= 11 is 1.64. The molecule has 1 aromatic heterocycles. The number of hydrogen-bond acceptors (Lipinski definition) is 3. The minimum absolute atomic E-state index is 0.272. The minimum Gasteiger partial charge on any atom is -0.327 e. The van der Waals surface area contributed by atoms with Crippen LogP contribution in [0.1, 0.15) is 25.5 Å². The quantitative estimate of drug-likeness (QED) is 0.691. The molecule has 60 valence electrons. The molecule has 1 aliphatic carbocycles. The Morgan fingerprint density at radius 3 is 2.64 bits per heavy atom. The molecule has 0 saturated heterocycles. The second-order valence-corrected chi connectivity index (χ2v) is 4.46. The molecule has 2 nitrogen and oxygen atoms in total. The summed E-state index contributed by atoms with van der Waals surface area (Å²) in [7, 11) is 0. The Morgan fingerprint density at radius 1 is 1.64 bits per heavy atom. The molecule has 1 fully saturated rings. The molecule has 0 aromatic carbocycles. The van der Waals surface area contributed by atoms with E-state index in [1.807, 2.05) is 5.51 Å². The highest BCUT2D eigenvalue weighted by Crippen LogP contribution is 2.56. The van der Waals surface area contributed by atoms with Crippen LogP contribution in [0.2, 0.25) is 0 Å². The van der Waals surface area contributed by atoms with Gasteiger partial charge in [-0.25, -0.2) is 4.98 Å². The fraction of sp³-hybridized carbons (Fsp3) is 0.625. The van der Waals surface area contributed by atoms with Gasteiger partial charge in [0.05, 0.1) is 11.2 Å². The molecule has 2 rings (SSSR count). The highest BCUT2D eigenvalue weighted by atomic mass is 32.1. The van der Waals surface area contributed by atoms with Crippen molar-refractivity contribution >= 4 is 11.3 Å². The second-order valence-electron chi connectivity index (χ2n) is 3.74. The number of nitrogens with zero attached hydrogens (tertiary/aromatic N) is 1. The Morgan fingerprint density at radius 2 is 2.27 bits per heavy atom. The first-order valence-electron chi connectivity index (χ1n) is 3.77. The van der Waals surface area contributed by atoms with Crippen molar-refractivity contribution in [1.82, 2.24) is 4.98 Å².